The molecular formula is C21H21FN4O3S2. The summed E-state index contributed by atoms with van der Waals surface area (Å²) in [5.74, 6) is 0.517. The number of fused-ring (bicyclic) bond motifs is 1. The molecule has 4 rings (SSSR count). The van der Waals surface area contributed by atoms with Crippen LogP contribution in [0, 0.1) is 19.7 Å². The van der Waals surface area contributed by atoms with Gasteiger partial charge < -0.3 is 4.74 Å². The maximum absolute atomic E-state index is 13.1. The van der Waals surface area contributed by atoms with Crippen molar-refractivity contribution in [3.63, 3.8) is 0 Å². The molecule has 0 aliphatic rings. The number of hydrogen-bond acceptors (Lipinski definition) is 6. The van der Waals surface area contributed by atoms with Gasteiger partial charge in [-0.25, -0.2) is 22.0 Å². The van der Waals surface area contributed by atoms with E-state index in [-0.39, 0.29) is 17.3 Å². The molecule has 0 aliphatic heterocycles. The zero-order chi connectivity index (χ0) is 22.2. The predicted molar refractivity (Wildman–Crippen MR) is 118 cm³/mol. The van der Waals surface area contributed by atoms with Gasteiger partial charge in [0.25, 0.3) is 0 Å². The van der Waals surface area contributed by atoms with E-state index in [2.05, 4.69) is 14.8 Å². The summed E-state index contributed by atoms with van der Waals surface area (Å²) in [6.45, 7) is 3.98. The molecule has 162 valence electrons. The molecular weight excluding hydrogens is 439 g/mol. The molecule has 1 N–H and O–H groups in total. The van der Waals surface area contributed by atoms with Crippen LogP contribution in [0.4, 0.5) is 4.39 Å². The van der Waals surface area contributed by atoms with Gasteiger partial charge in [0.2, 0.25) is 15.0 Å². The Kier molecular flexibility index (Phi) is 5.78. The van der Waals surface area contributed by atoms with Crippen molar-refractivity contribution in [1.82, 2.24) is 19.3 Å². The first kappa shape index (κ1) is 21.4. The van der Waals surface area contributed by atoms with Gasteiger partial charge in [0.05, 0.1) is 12.8 Å². The minimum atomic E-state index is -3.71. The lowest BCUT2D eigenvalue weighted by Crippen LogP contribution is -2.26. The van der Waals surface area contributed by atoms with Crippen molar-refractivity contribution in [2.45, 2.75) is 25.2 Å². The molecule has 0 bridgehead atoms. The van der Waals surface area contributed by atoms with Crippen LogP contribution < -0.4 is 9.46 Å². The number of rotatable bonds is 7. The Morgan fingerprint density at radius 1 is 1.16 bits per heavy atom. The molecule has 0 unspecified atom stereocenters. The number of nitrogens with zero attached hydrogens (tertiary/aromatic N) is 3. The first-order valence-electron chi connectivity index (χ1n) is 9.54. The summed E-state index contributed by atoms with van der Waals surface area (Å²) in [6.07, 6.45) is 0.501. The zero-order valence-electron chi connectivity index (χ0n) is 17.2. The summed E-state index contributed by atoms with van der Waals surface area (Å²) in [4.78, 5) is 6.34. The second-order valence-electron chi connectivity index (χ2n) is 7.05. The third-order valence-electron chi connectivity index (χ3n) is 4.87. The molecule has 7 nitrogen and oxygen atoms in total. The summed E-state index contributed by atoms with van der Waals surface area (Å²) in [5.41, 5.74) is 2.46. The fourth-order valence-corrected chi connectivity index (χ4v) is 5.55. The number of ether oxygens (including phenoxy) is 1. The predicted octanol–water partition coefficient (Wildman–Crippen LogP) is 3.74. The van der Waals surface area contributed by atoms with E-state index in [0.717, 1.165) is 21.7 Å². The fourth-order valence-electron chi connectivity index (χ4n) is 3.21. The largest absolute Gasteiger partial charge is 0.495 e. The topological polar surface area (TPSA) is 85.6 Å². The third-order valence-corrected chi connectivity index (χ3v) is 7.54. The summed E-state index contributed by atoms with van der Waals surface area (Å²) in [5, 5.41) is 4.51. The highest BCUT2D eigenvalue weighted by molar-refractivity contribution is 7.89. The fraction of sp³-hybridized carbons (Fsp3) is 0.238. The molecule has 2 aromatic heterocycles. The first-order chi connectivity index (χ1) is 14.8. The molecule has 0 atom stereocenters. The van der Waals surface area contributed by atoms with Crippen LogP contribution in [-0.2, 0) is 16.4 Å². The van der Waals surface area contributed by atoms with Crippen LogP contribution in [-0.4, -0.2) is 36.7 Å². The number of halogens is 1. The Balaban J connectivity index is 1.49. The van der Waals surface area contributed by atoms with Gasteiger partial charge in [-0.3, -0.25) is 0 Å². The van der Waals surface area contributed by atoms with Crippen molar-refractivity contribution in [1.29, 1.82) is 0 Å². The normalized spacial score (nSPS) is 11.9. The van der Waals surface area contributed by atoms with Gasteiger partial charge in [-0.15, -0.1) is 5.10 Å². The first-order valence-corrected chi connectivity index (χ1v) is 11.8. The number of aromatic nitrogens is 3. The molecule has 2 aromatic carbocycles. The molecule has 0 radical (unpaired) electrons. The Morgan fingerprint density at radius 3 is 2.58 bits per heavy atom. The zero-order valence-corrected chi connectivity index (χ0v) is 18.8. The number of aryl methyl sites for hydroxylation is 2. The highest BCUT2D eigenvalue weighted by Crippen LogP contribution is 2.27. The van der Waals surface area contributed by atoms with Crippen molar-refractivity contribution >= 4 is 26.3 Å². The molecule has 10 heteroatoms. The number of methoxy groups -OCH3 is 1. The Labute approximate surface area is 183 Å². The van der Waals surface area contributed by atoms with E-state index in [4.69, 9.17) is 4.74 Å². The average molecular weight is 461 g/mol. The third kappa shape index (κ3) is 4.32. The van der Waals surface area contributed by atoms with Crippen LogP contribution >= 0.6 is 11.3 Å². The lowest BCUT2D eigenvalue weighted by Gasteiger charge is -2.11. The van der Waals surface area contributed by atoms with E-state index in [1.165, 1.54) is 30.6 Å². The van der Waals surface area contributed by atoms with Crippen molar-refractivity contribution in [3.8, 4) is 17.1 Å². The van der Waals surface area contributed by atoms with Gasteiger partial charge in [0, 0.05) is 17.0 Å². The smallest absolute Gasteiger partial charge is 0.244 e. The Hall–Kier alpha value is -2.82. The molecule has 0 spiro atoms. The van der Waals surface area contributed by atoms with Crippen LogP contribution in [0.1, 0.15) is 16.1 Å². The molecule has 0 fully saturated rings. The number of benzene rings is 2. The van der Waals surface area contributed by atoms with Crippen LogP contribution in [0.25, 0.3) is 16.3 Å². The number of thiazole rings is 1. The van der Waals surface area contributed by atoms with E-state index in [1.807, 2.05) is 13.8 Å². The van der Waals surface area contributed by atoms with Crippen LogP contribution in [0.15, 0.2) is 47.4 Å². The van der Waals surface area contributed by atoms with E-state index in [9.17, 15) is 12.8 Å². The summed E-state index contributed by atoms with van der Waals surface area (Å²) >= 11 is 1.45. The molecule has 31 heavy (non-hydrogen) atoms. The van der Waals surface area contributed by atoms with Crippen LogP contribution in [0.3, 0.4) is 0 Å². The highest BCUT2D eigenvalue weighted by atomic mass is 32.2. The van der Waals surface area contributed by atoms with E-state index in [0.29, 0.717) is 23.0 Å². The highest BCUT2D eigenvalue weighted by Gasteiger charge is 2.20. The van der Waals surface area contributed by atoms with E-state index < -0.39 is 10.0 Å². The second kappa shape index (κ2) is 8.37. The van der Waals surface area contributed by atoms with E-state index in [1.54, 1.807) is 34.8 Å². The monoisotopic (exact) mass is 460 g/mol. The van der Waals surface area contributed by atoms with Gasteiger partial charge >= 0.3 is 0 Å². The number of sulfonamides is 1. The average Bonchev–Trinajstić information content (AvgIpc) is 3.28. The van der Waals surface area contributed by atoms with Gasteiger partial charge in [-0.05, 0) is 62.2 Å². The molecule has 0 aliphatic carbocycles. The maximum Gasteiger partial charge on any atom is 0.244 e. The second-order valence-corrected chi connectivity index (χ2v) is 9.85. The lowest BCUT2D eigenvalue weighted by molar-refractivity contribution is 0.402. The minimum absolute atomic E-state index is 0.123. The molecule has 0 saturated heterocycles. The van der Waals surface area contributed by atoms with Gasteiger partial charge in [-0.1, -0.05) is 17.4 Å². The standard InChI is InChI=1S/C21H21FN4O3S2/c1-13-4-9-17(29-3)19(12-13)31(27,28)23-11-10-18-14(2)26-21(30-18)24-20(25-26)15-5-7-16(22)8-6-15/h4-9,12,23H,10-11H2,1-3H3. The van der Waals surface area contributed by atoms with E-state index >= 15 is 0 Å². The van der Waals surface area contributed by atoms with Crippen molar-refractivity contribution in [3.05, 3.63) is 64.4 Å². The van der Waals surface area contributed by atoms with Crippen LogP contribution in [0.5, 0.6) is 5.75 Å². The van der Waals surface area contributed by atoms with Crippen molar-refractivity contribution in [2.24, 2.45) is 0 Å². The maximum atomic E-state index is 13.1. The minimum Gasteiger partial charge on any atom is -0.495 e. The van der Waals surface area contributed by atoms with Gasteiger partial charge in [0.1, 0.15) is 16.5 Å². The number of nitrogens with one attached hydrogen (secondary N) is 1. The molecule has 4 aromatic rings. The number of hydrogen-bond donors (Lipinski definition) is 1. The lowest BCUT2D eigenvalue weighted by atomic mass is 10.2. The Bertz CT molecular complexity index is 1350. The summed E-state index contributed by atoms with van der Waals surface area (Å²) in [6, 6.07) is 11.1. The molecule has 2 heterocycles. The van der Waals surface area contributed by atoms with Gasteiger partial charge in [-0.2, -0.15) is 4.98 Å². The SMILES string of the molecule is COc1ccc(C)cc1S(=O)(=O)NCCc1sc2nc(-c3ccc(F)cc3)nn2c1C. The van der Waals surface area contributed by atoms with Crippen LogP contribution in [0.2, 0.25) is 0 Å². The Morgan fingerprint density at radius 2 is 1.90 bits per heavy atom. The quantitative estimate of drug-likeness (QED) is 0.454. The van der Waals surface area contributed by atoms with Crippen molar-refractivity contribution < 1.29 is 17.5 Å². The van der Waals surface area contributed by atoms with Gasteiger partial charge in [0.15, 0.2) is 5.82 Å². The van der Waals surface area contributed by atoms with Crippen molar-refractivity contribution in [2.75, 3.05) is 13.7 Å². The summed E-state index contributed by atoms with van der Waals surface area (Å²) < 4.78 is 48.2. The molecule has 0 saturated carbocycles. The molecule has 0 amide bonds. The summed E-state index contributed by atoms with van der Waals surface area (Å²) in [7, 11) is -2.26.